The number of hydrogen-bond acceptors (Lipinski definition) is 3. The maximum atomic E-state index is 11.5. The zero-order valence-corrected chi connectivity index (χ0v) is 10.1. The predicted molar refractivity (Wildman–Crippen MR) is 65.5 cm³/mol. The molecule has 1 amide bonds. The molecular formula is C13H16N2O2. The Morgan fingerprint density at radius 2 is 2.24 bits per heavy atom. The molecular weight excluding hydrogens is 216 g/mol. The molecule has 17 heavy (non-hydrogen) atoms. The number of hydrogen-bond donors (Lipinski definition) is 1. The molecule has 1 unspecified atom stereocenters. The van der Waals surface area contributed by atoms with Gasteiger partial charge >= 0.3 is 0 Å². The summed E-state index contributed by atoms with van der Waals surface area (Å²) in [6, 6.07) is 7.38. The molecule has 0 radical (unpaired) electrons. The van der Waals surface area contributed by atoms with E-state index in [4.69, 9.17) is 4.42 Å². The molecule has 0 aliphatic heterocycles. The fourth-order valence-electron chi connectivity index (χ4n) is 1.68. The summed E-state index contributed by atoms with van der Waals surface area (Å²) in [6.07, 6.45) is 1.37. The third-order valence-corrected chi connectivity index (χ3v) is 2.54. The van der Waals surface area contributed by atoms with Gasteiger partial charge in [0.25, 0.3) is 0 Å². The minimum atomic E-state index is -0.193. The Balaban J connectivity index is 2.13. The van der Waals surface area contributed by atoms with Gasteiger partial charge in [0.1, 0.15) is 11.6 Å². The minimum Gasteiger partial charge on any atom is -0.438 e. The summed E-state index contributed by atoms with van der Waals surface area (Å²) in [5, 5.41) is 2.86. The number of nitrogens with one attached hydrogen (secondary N) is 1. The fourth-order valence-corrected chi connectivity index (χ4v) is 1.68. The molecule has 0 bridgehead atoms. The maximum Gasteiger partial charge on any atom is 0.220 e. The molecule has 0 saturated heterocycles. The van der Waals surface area contributed by atoms with Crippen LogP contribution < -0.4 is 5.32 Å². The molecule has 2 rings (SSSR count). The van der Waals surface area contributed by atoms with Crippen LogP contribution in [0.25, 0.3) is 11.1 Å². The third kappa shape index (κ3) is 2.64. The molecule has 1 heterocycles. The number of nitrogens with zero attached hydrogens (tertiary/aromatic N) is 1. The summed E-state index contributed by atoms with van der Waals surface area (Å²) in [6.45, 7) is 3.85. The Morgan fingerprint density at radius 1 is 1.47 bits per heavy atom. The zero-order valence-electron chi connectivity index (χ0n) is 10.1. The molecule has 0 aliphatic rings. The van der Waals surface area contributed by atoms with Gasteiger partial charge in [-0.3, -0.25) is 4.79 Å². The van der Waals surface area contributed by atoms with Gasteiger partial charge in [0.15, 0.2) is 5.58 Å². The maximum absolute atomic E-state index is 11.5. The van der Waals surface area contributed by atoms with Crippen molar-refractivity contribution in [3.63, 3.8) is 0 Å². The molecule has 2 aromatic rings. The van der Waals surface area contributed by atoms with Crippen molar-refractivity contribution in [3.05, 3.63) is 30.2 Å². The Labute approximate surface area is 100 Å². The summed E-state index contributed by atoms with van der Waals surface area (Å²) < 4.78 is 5.58. The molecule has 4 nitrogen and oxygen atoms in total. The van der Waals surface area contributed by atoms with Gasteiger partial charge in [-0.05, 0) is 25.5 Å². The van der Waals surface area contributed by atoms with Crippen LogP contribution in [0.4, 0.5) is 0 Å². The molecule has 90 valence electrons. The highest BCUT2D eigenvalue weighted by Crippen LogP contribution is 2.19. The highest BCUT2D eigenvalue weighted by molar-refractivity contribution is 5.76. The van der Waals surface area contributed by atoms with Gasteiger partial charge in [-0.15, -0.1) is 0 Å². The van der Waals surface area contributed by atoms with Crippen LogP contribution in [0.1, 0.15) is 38.6 Å². The van der Waals surface area contributed by atoms with Crippen LogP contribution in [0.2, 0.25) is 0 Å². The second kappa shape index (κ2) is 4.99. The van der Waals surface area contributed by atoms with E-state index in [-0.39, 0.29) is 11.9 Å². The fraction of sp³-hybridized carbons (Fsp3) is 0.385. The molecule has 0 spiro atoms. The number of benzene rings is 1. The van der Waals surface area contributed by atoms with Crippen molar-refractivity contribution in [1.29, 1.82) is 0 Å². The first-order chi connectivity index (χ1) is 8.20. The number of carbonyl (C=O) groups is 1. The molecule has 1 aromatic heterocycles. The van der Waals surface area contributed by atoms with Crippen molar-refractivity contribution in [2.45, 2.75) is 32.7 Å². The summed E-state index contributed by atoms with van der Waals surface area (Å²) >= 11 is 0. The van der Waals surface area contributed by atoms with Crippen LogP contribution in [0, 0.1) is 0 Å². The monoisotopic (exact) mass is 232 g/mol. The Morgan fingerprint density at radius 3 is 2.94 bits per heavy atom. The van der Waals surface area contributed by atoms with Gasteiger partial charge in [-0.2, -0.15) is 0 Å². The lowest BCUT2D eigenvalue weighted by atomic mass is 10.3. The lowest BCUT2D eigenvalue weighted by Gasteiger charge is -2.09. The summed E-state index contributed by atoms with van der Waals surface area (Å²) in [4.78, 5) is 15.8. The van der Waals surface area contributed by atoms with Gasteiger partial charge in [-0.25, -0.2) is 4.98 Å². The zero-order chi connectivity index (χ0) is 12.3. The molecule has 1 N–H and O–H groups in total. The average Bonchev–Trinajstić information content (AvgIpc) is 2.72. The Hall–Kier alpha value is -1.84. The molecule has 0 fully saturated rings. The number of para-hydroxylation sites is 2. The Kier molecular flexibility index (Phi) is 3.42. The second-order valence-corrected chi connectivity index (χ2v) is 4.06. The van der Waals surface area contributed by atoms with E-state index in [0.29, 0.717) is 12.3 Å². The van der Waals surface area contributed by atoms with Gasteiger partial charge in [-0.1, -0.05) is 19.1 Å². The molecule has 1 aromatic carbocycles. The normalized spacial score (nSPS) is 12.6. The Bertz CT molecular complexity index is 486. The summed E-state index contributed by atoms with van der Waals surface area (Å²) in [7, 11) is 0. The van der Waals surface area contributed by atoms with Crippen molar-refractivity contribution < 1.29 is 9.21 Å². The van der Waals surface area contributed by atoms with Crippen molar-refractivity contribution in [2.24, 2.45) is 0 Å². The number of amides is 1. The topological polar surface area (TPSA) is 55.1 Å². The first kappa shape index (κ1) is 11.6. The molecule has 0 saturated carbocycles. The number of oxazole rings is 1. The molecule has 0 aliphatic carbocycles. The predicted octanol–water partition coefficient (Wildman–Crippen LogP) is 2.81. The lowest BCUT2D eigenvalue weighted by molar-refractivity contribution is -0.121. The van der Waals surface area contributed by atoms with Gasteiger partial charge in [0.2, 0.25) is 11.8 Å². The van der Waals surface area contributed by atoms with Crippen LogP contribution in [0.3, 0.4) is 0 Å². The first-order valence-corrected chi connectivity index (χ1v) is 5.85. The quantitative estimate of drug-likeness (QED) is 0.881. The van der Waals surface area contributed by atoms with Crippen LogP contribution in [0.15, 0.2) is 28.7 Å². The van der Waals surface area contributed by atoms with Crippen LogP contribution in [-0.4, -0.2) is 10.9 Å². The van der Waals surface area contributed by atoms with E-state index in [2.05, 4.69) is 10.3 Å². The van der Waals surface area contributed by atoms with E-state index in [1.54, 1.807) is 0 Å². The summed E-state index contributed by atoms with van der Waals surface area (Å²) in [5.41, 5.74) is 1.57. The van der Waals surface area contributed by atoms with Gasteiger partial charge in [0.05, 0.1) is 0 Å². The van der Waals surface area contributed by atoms with E-state index in [0.717, 1.165) is 17.5 Å². The minimum absolute atomic E-state index is 0.0299. The lowest BCUT2D eigenvalue weighted by Crippen LogP contribution is -2.26. The van der Waals surface area contributed by atoms with Crippen LogP contribution in [0.5, 0.6) is 0 Å². The number of carbonyl (C=O) groups excluding carboxylic acids is 1. The average molecular weight is 232 g/mol. The van der Waals surface area contributed by atoms with E-state index in [1.807, 2.05) is 38.1 Å². The van der Waals surface area contributed by atoms with Crippen LogP contribution in [-0.2, 0) is 4.79 Å². The second-order valence-electron chi connectivity index (χ2n) is 4.06. The van der Waals surface area contributed by atoms with Crippen molar-refractivity contribution in [3.8, 4) is 0 Å². The van der Waals surface area contributed by atoms with E-state index in [9.17, 15) is 4.79 Å². The van der Waals surface area contributed by atoms with Crippen molar-refractivity contribution in [2.75, 3.05) is 0 Å². The van der Waals surface area contributed by atoms with Gasteiger partial charge < -0.3 is 9.73 Å². The molecule has 4 heteroatoms. The summed E-state index contributed by atoms with van der Waals surface area (Å²) in [5.74, 6) is 0.581. The SMILES string of the molecule is CCCC(=O)NC(C)c1nc2ccccc2o1. The van der Waals surface area contributed by atoms with E-state index < -0.39 is 0 Å². The van der Waals surface area contributed by atoms with E-state index >= 15 is 0 Å². The number of rotatable bonds is 4. The number of aromatic nitrogens is 1. The highest BCUT2D eigenvalue weighted by atomic mass is 16.3. The smallest absolute Gasteiger partial charge is 0.220 e. The first-order valence-electron chi connectivity index (χ1n) is 5.85. The number of fused-ring (bicyclic) bond motifs is 1. The van der Waals surface area contributed by atoms with Gasteiger partial charge in [0, 0.05) is 6.42 Å². The van der Waals surface area contributed by atoms with Crippen molar-refractivity contribution in [1.82, 2.24) is 10.3 Å². The molecule has 1 atom stereocenters. The van der Waals surface area contributed by atoms with Crippen LogP contribution >= 0.6 is 0 Å². The standard InChI is InChI=1S/C13H16N2O2/c1-3-6-12(16)14-9(2)13-15-10-7-4-5-8-11(10)17-13/h4-5,7-9H,3,6H2,1-2H3,(H,14,16). The largest absolute Gasteiger partial charge is 0.438 e. The highest BCUT2D eigenvalue weighted by Gasteiger charge is 2.14. The third-order valence-electron chi connectivity index (χ3n) is 2.54. The van der Waals surface area contributed by atoms with Crippen molar-refractivity contribution >= 4 is 17.0 Å². The van der Waals surface area contributed by atoms with E-state index in [1.165, 1.54) is 0 Å².